The first-order chi connectivity index (χ1) is 8.22. The highest BCUT2D eigenvalue weighted by Crippen LogP contribution is 2.33. The van der Waals surface area contributed by atoms with Crippen LogP contribution in [-0.2, 0) is 4.74 Å². The average molecular weight is 241 g/mol. The number of likely N-dealkylation sites (tertiary alicyclic amines) is 1. The average Bonchev–Trinajstić information content (AvgIpc) is 2.25. The van der Waals surface area contributed by atoms with Gasteiger partial charge in [-0.1, -0.05) is 0 Å². The molecule has 3 nitrogen and oxygen atoms in total. The molecule has 1 heterocycles. The van der Waals surface area contributed by atoms with E-state index in [1.807, 2.05) is 7.11 Å². The van der Waals surface area contributed by atoms with E-state index in [-0.39, 0.29) is 0 Å². The van der Waals surface area contributed by atoms with Gasteiger partial charge in [-0.15, -0.1) is 0 Å². The predicted octanol–water partition coefficient (Wildman–Crippen LogP) is 1.89. The minimum Gasteiger partial charge on any atom is -0.396 e. The Labute approximate surface area is 105 Å². The second kappa shape index (κ2) is 6.17. The zero-order chi connectivity index (χ0) is 12.3. The van der Waals surface area contributed by atoms with Gasteiger partial charge in [-0.3, -0.25) is 0 Å². The first-order valence-electron chi connectivity index (χ1n) is 7.10. The molecular formula is C14H27NO2. The fourth-order valence-corrected chi connectivity index (χ4v) is 3.38. The summed E-state index contributed by atoms with van der Waals surface area (Å²) in [5, 5.41) is 8.99. The molecule has 17 heavy (non-hydrogen) atoms. The molecular weight excluding hydrogens is 214 g/mol. The lowest BCUT2D eigenvalue weighted by Crippen LogP contribution is -2.46. The van der Waals surface area contributed by atoms with Gasteiger partial charge >= 0.3 is 0 Å². The van der Waals surface area contributed by atoms with Crippen LogP contribution >= 0.6 is 0 Å². The fourth-order valence-electron chi connectivity index (χ4n) is 3.38. The molecule has 0 aromatic carbocycles. The number of hydrogen-bond donors (Lipinski definition) is 1. The van der Waals surface area contributed by atoms with Gasteiger partial charge in [0.15, 0.2) is 0 Å². The van der Waals surface area contributed by atoms with Crippen LogP contribution in [0.15, 0.2) is 0 Å². The maximum absolute atomic E-state index is 8.99. The van der Waals surface area contributed by atoms with Gasteiger partial charge in [0.05, 0.1) is 6.10 Å². The molecule has 0 spiro atoms. The summed E-state index contributed by atoms with van der Waals surface area (Å²) < 4.78 is 5.34. The first kappa shape index (κ1) is 13.3. The third kappa shape index (κ3) is 3.43. The molecule has 2 unspecified atom stereocenters. The number of ether oxygens (including phenoxy) is 1. The highest BCUT2D eigenvalue weighted by atomic mass is 16.5. The lowest BCUT2D eigenvalue weighted by atomic mass is 9.80. The second-order valence-electron chi connectivity index (χ2n) is 5.94. The van der Waals surface area contributed by atoms with E-state index in [0.29, 0.717) is 18.8 Å². The molecule has 2 fully saturated rings. The molecule has 1 N–H and O–H groups in total. The van der Waals surface area contributed by atoms with Crippen molar-refractivity contribution in [2.24, 2.45) is 11.8 Å². The van der Waals surface area contributed by atoms with Crippen molar-refractivity contribution in [3.63, 3.8) is 0 Å². The van der Waals surface area contributed by atoms with Crippen molar-refractivity contribution in [3.05, 3.63) is 0 Å². The van der Waals surface area contributed by atoms with Gasteiger partial charge in [0.25, 0.3) is 0 Å². The summed E-state index contributed by atoms with van der Waals surface area (Å²) in [5.41, 5.74) is 0. The van der Waals surface area contributed by atoms with Crippen LogP contribution in [0.5, 0.6) is 0 Å². The van der Waals surface area contributed by atoms with Gasteiger partial charge in [-0.25, -0.2) is 0 Å². The van der Waals surface area contributed by atoms with Crippen LogP contribution < -0.4 is 0 Å². The molecule has 0 aromatic heterocycles. The fraction of sp³-hybridized carbons (Fsp3) is 1.00. The van der Waals surface area contributed by atoms with Gasteiger partial charge < -0.3 is 14.7 Å². The van der Waals surface area contributed by atoms with Gasteiger partial charge in [-0.05, 0) is 57.4 Å². The minimum absolute atomic E-state index is 0.357. The van der Waals surface area contributed by atoms with Crippen LogP contribution in [-0.4, -0.2) is 49.0 Å². The summed E-state index contributed by atoms with van der Waals surface area (Å²) in [6, 6.07) is 0.696. The topological polar surface area (TPSA) is 32.7 Å². The van der Waals surface area contributed by atoms with E-state index >= 15 is 0 Å². The van der Waals surface area contributed by atoms with E-state index in [0.717, 1.165) is 18.3 Å². The van der Waals surface area contributed by atoms with Crippen LogP contribution in [0.3, 0.4) is 0 Å². The van der Waals surface area contributed by atoms with Crippen LogP contribution in [0.1, 0.15) is 39.0 Å². The number of piperidine rings is 1. The highest BCUT2D eigenvalue weighted by Gasteiger charge is 2.33. The number of aliphatic hydroxyl groups is 1. The maximum atomic E-state index is 8.99. The van der Waals surface area contributed by atoms with E-state index < -0.39 is 0 Å². The summed E-state index contributed by atoms with van der Waals surface area (Å²) in [5.74, 6) is 1.61. The number of nitrogens with zero attached hydrogens (tertiary/aromatic N) is 1. The van der Waals surface area contributed by atoms with E-state index in [1.165, 1.54) is 38.8 Å². The lowest BCUT2D eigenvalue weighted by molar-refractivity contribution is -0.0215. The number of aliphatic hydroxyl groups excluding tert-OH is 1. The van der Waals surface area contributed by atoms with Gasteiger partial charge in [0.1, 0.15) is 0 Å². The molecule has 0 bridgehead atoms. The smallest absolute Gasteiger partial charge is 0.0577 e. The monoisotopic (exact) mass is 241 g/mol. The molecule has 1 aliphatic carbocycles. The van der Waals surface area contributed by atoms with Crippen molar-refractivity contribution in [2.45, 2.75) is 51.2 Å². The molecule has 2 atom stereocenters. The number of methoxy groups -OCH3 is 1. The molecule has 2 rings (SSSR count). The SMILES string of the molecule is COC1CC(CN2CCC(CCO)CC2C)C1. The Kier molecular flexibility index (Phi) is 4.83. The van der Waals surface area contributed by atoms with E-state index in [2.05, 4.69) is 11.8 Å². The molecule has 100 valence electrons. The van der Waals surface area contributed by atoms with Crippen molar-refractivity contribution >= 4 is 0 Å². The molecule has 1 saturated heterocycles. The zero-order valence-corrected chi connectivity index (χ0v) is 11.3. The minimum atomic E-state index is 0.357. The lowest BCUT2D eigenvalue weighted by Gasteiger charge is -2.43. The van der Waals surface area contributed by atoms with E-state index in [1.54, 1.807) is 0 Å². The second-order valence-corrected chi connectivity index (χ2v) is 5.94. The molecule has 0 aromatic rings. The third-order valence-corrected chi connectivity index (χ3v) is 4.68. The molecule has 3 heteroatoms. The Morgan fingerprint density at radius 2 is 2.00 bits per heavy atom. The van der Waals surface area contributed by atoms with Gasteiger partial charge in [0.2, 0.25) is 0 Å². The Morgan fingerprint density at radius 1 is 1.24 bits per heavy atom. The summed E-state index contributed by atoms with van der Waals surface area (Å²) in [6.45, 7) is 5.18. The standard InChI is InChI=1S/C14H27NO2/c1-11-7-12(4-6-16)3-5-15(11)10-13-8-14(9-13)17-2/h11-14,16H,3-10H2,1-2H3. The third-order valence-electron chi connectivity index (χ3n) is 4.68. The van der Waals surface area contributed by atoms with E-state index in [9.17, 15) is 0 Å². The Morgan fingerprint density at radius 3 is 2.59 bits per heavy atom. The number of hydrogen-bond acceptors (Lipinski definition) is 3. The van der Waals surface area contributed by atoms with Crippen LogP contribution in [0.25, 0.3) is 0 Å². The molecule has 0 amide bonds. The van der Waals surface area contributed by atoms with Crippen molar-refractivity contribution in [1.82, 2.24) is 4.90 Å². The van der Waals surface area contributed by atoms with Crippen LogP contribution in [0, 0.1) is 11.8 Å². The zero-order valence-electron chi connectivity index (χ0n) is 11.3. The Balaban J connectivity index is 1.69. The van der Waals surface area contributed by atoms with E-state index in [4.69, 9.17) is 9.84 Å². The molecule has 2 aliphatic rings. The van der Waals surface area contributed by atoms with Crippen molar-refractivity contribution < 1.29 is 9.84 Å². The predicted molar refractivity (Wildman–Crippen MR) is 69.0 cm³/mol. The van der Waals surface area contributed by atoms with Crippen LogP contribution in [0.4, 0.5) is 0 Å². The molecule has 1 saturated carbocycles. The summed E-state index contributed by atoms with van der Waals surface area (Å²) in [6.07, 6.45) is 6.56. The Bertz CT molecular complexity index is 228. The van der Waals surface area contributed by atoms with Crippen LogP contribution in [0.2, 0.25) is 0 Å². The van der Waals surface area contributed by atoms with Crippen molar-refractivity contribution in [1.29, 1.82) is 0 Å². The van der Waals surface area contributed by atoms with Gasteiger partial charge in [-0.2, -0.15) is 0 Å². The summed E-state index contributed by atoms with van der Waals surface area (Å²) in [4.78, 5) is 2.64. The molecule has 1 aliphatic heterocycles. The quantitative estimate of drug-likeness (QED) is 0.798. The maximum Gasteiger partial charge on any atom is 0.0577 e. The number of rotatable bonds is 5. The Hall–Kier alpha value is -0.120. The molecule has 0 radical (unpaired) electrons. The summed E-state index contributed by atoms with van der Waals surface area (Å²) >= 11 is 0. The first-order valence-corrected chi connectivity index (χ1v) is 7.10. The van der Waals surface area contributed by atoms with Crippen molar-refractivity contribution in [2.75, 3.05) is 26.8 Å². The normalized spacial score (nSPS) is 39.0. The van der Waals surface area contributed by atoms with Crippen molar-refractivity contribution in [3.8, 4) is 0 Å². The van der Waals surface area contributed by atoms with Gasteiger partial charge in [0, 0.05) is 26.3 Å². The largest absolute Gasteiger partial charge is 0.396 e. The highest BCUT2D eigenvalue weighted by molar-refractivity contribution is 4.86. The summed E-state index contributed by atoms with van der Waals surface area (Å²) in [7, 11) is 1.82.